The summed E-state index contributed by atoms with van der Waals surface area (Å²) in [7, 11) is 2.79. The molecule has 20 heteroatoms. The number of rotatable bonds is 26. The smallest absolute Gasteiger partial charge is 0.329 e. The van der Waals surface area contributed by atoms with Gasteiger partial charge in [0, 0.05) is 39.3 Å². The molecule has 1 heterocycles. The first-order chi connectivity index (χ1) is 31.4. The van der Waals surface area contributed by atoms with Gasteiger partial charge in [-0.15, -0.1) is 0 Å². The van der Waals surface area contributed by atoms with Crippen LogP contribution in [0.5, 0.6) is 5.75 Å². The van der Waals surface area contributed by atoms with Gasteiger partial charge in [-0.05, 0) is 68.1 Å². The summed E-state index contributed by atoms with van der Waals surface area (Å²) in [4.78, 5) is 125. The van der Waals surface area contributed by atoms with E-state index in [1.54, 1.807) is 46.8 Å². The summed E-state index contributed by atoms with van der Waals surface area (Å²) in [6.07, 6.45) is -1.48. The third-order valence-corrected chi connectivity index (χ3v) is 12.2. The van der Waals surface area contributed by atoms with Crippen LogP contribution < -0.4 is 32.3 Å². The molecule has 0 radical (unpaired) electrons. The predicted octanol–water partition coefficient (Wildman–Crippen LogP) is 1.14. The summed E-state index contributed by atoms with van der Waals surface area (Å²) in [5.41, 5.74) is 5.90. The molecule has 8 amide bonds. The van der Waals surface area contributed by atoms with Gasteiger partial charge in [-0.1, -0.05) is 80.4 Å². The number of likely N-dealkylation sites (N-methyl/N-ethyl adjacent to an activating group) is 2. The van der Waals surface area contributed by atoms with Gasteiger partial charge in [-0.25, -0.2) is 4.79 Å². The fourth-order valence-electron chi connectivity index (χ4n) is 7.62. The Hall–Kier alpha value is -5.79. The van der Waals surface area contributed by atoms with Gasteiger partial charge in [0.1, 0.15) is 54.3 Å². The van der Waals surface area contributed by atoms with Gasteiger partial charge >= 0.3 is 5.97 Å². The number of nitrogens with two attached hydrogens (primary N) is 1. The number of esters is 1. The van der Waals surface area contributed by atoms with E-state index >= 15 is 0 Å². The molecule has 10 atom stereocenters. The maximum Gasteiger partial charge on any atom is 0.329 e. The van der Waals surface area contributed by atoms with Crippen LogP contribution in [0, 0.1) is 23.7 Å². The lowest BCUT2D eigenvalue weighted by atomic mass is 9.92. The fraction of sp³-hybridized carbons (Fsp3) is 0.681. The third-order valence-electron chi connectivity index (χ3n) is 12.2. The largest absolute Gasteiger partial charge is 0.508 e. The molecule has 0 aliphatic carbocycles. The van der Waals surface area contributed by atoms with E-state index in [1.165, 1.54) is 43.0 Å². The van der Waals surface area contributed by atoms with Gasteiger partial charge in [0.05, 0.1) is 0 Å². The molecule has 1 aliphatic heterocycles. The second kappa shape index (κ2) is 27.1. The van der Waals surface area contributed by atoms with Crippen LogP contribution in [-0.2, 0) is 54.3 Å². The van der Waals surface area contributed by atoms with Crippen LogP contribution in [0.3, 0.4) is 0 Å². The number of piperidine rings is 1. The number of primary amides is 1. The van der Waals surface area contributed by atoms with E-state index in [2.05, 4.69) is 26.6 Å². The Labute approximate surface area is 394 Å². The predicted molar refractivity (Wildman–Crippen MR) is 248 cm³/mol. The number of phenols is 1. The summed E-state index contributed by atoms with van der Waals surface area (Å²) in [5, 5.41) is 34.0. The maximum absolute atomic E-state index is 14.6. The van der Waals surface area contributed by atoms with E-state index in [4.69, 9.17) is 10.5 Å². The molecule has 67 heavy (non-hydrogen) atoms. The van der Waals surface area contributed by atoms with Crippen molar-refractivity contribution in [3.05, 3.63) is 29.8 Å². The average Bonchev–Trinajstić information content (AvgIpc) is 3.27. The molecule has 2 rings (SSSR count). The number of aliphatic hydroxyl groups excluding tert-OH is 1. The first kappa shape index (κ1) is 57.3. The molecule has 0 aromatic heterocycles. The Morgan fingerprint density at radius 3 is 1.91 bits per heavy atom. The van der Waals surface area contributed by atoms with E-state index in [9.17, 15) is 53.4 Å². The van der Waals surface area contributed by atoms with Crippen molar-refractivity contribution in [1.29, 1.82) is 0 Å². The lowest BCUT2D eigenvalue weighted by Crippen LogP contribution is -2.62. The minimum Gasteiger partial charge on any atom is -0.508 e. The zero-order valence-corrected chi connectivity index (χ0v) is 41.1. The fourth-order valence-corrected chi connectivity index (χ4v) is 7.62. The monoisotopic (exact) mass is 945 g/mol. The molecule has 1 aromatic rings. The van der Waals surface area contributed by atoms with Crippen LogP contribution in [0.2, 0.25) is 0 Å². The Bertz CT molecular complexity index is 1880. The first-order valence-electron chi connectivity index (χ1n) is 23.3. The highest BCUT2D eigenvalue weighted by molar-refractivity contribution is 5.96. The van der Waals surface area contributed by atoms with Gasteiger partial charge in [-0.2, -0.15) is 0 Å². The summed E-state index contributed by atoms with van der Waals surface area (Å²) in [6, 6.07) is -1.96. The first-order valence-corrected chi connectivity index (χ1v) is 23.3. The second-order valence-electron chi connectivity index (χ2n) is 18.4. The van der Waals surface area contributed by atoms with E-state index in [1.807, 2.05) is 20.8 Å². The van der Waals surface area contributed by atoms with Crippen molar-refractivity contribution in [2.75, 3.05) is 14.1 Å². The van der Waals surface area contributed by atoms with E-state index < -0.39 is 120 Å². The number of benzene rings is 1. The zero-order chi connectivity index (χ0) is 50.9. The normalized spacial score (nSPS) is 17.9. The third kappa shape index (κ3) is 17.1. The van der Waals surface area contributed by atoms with Crippen LogP contribution in [-0.4, -0.2) is 136 Å². The van der Waals surface area contributed by atoms with Crippen molar-refractivity contribution < 1.29 is 58.1 Å². The number of aromatic hydroxyl groups is 1. The number of nitrogens with one attached hydrogen (secondary N) is 5. The Morgan fingerprint density at radius 1 is 0.806 bits per heavy atom. The van der Waals surface area contributed by atoms with Gasteiger partial charge in [0.2, 0.25) is 47.3 Å². The number of carbonyl (C=O) groups excluding carboxylic acids is 9. The number of likely N-dealkylation sites (tertiary alicyclic amines) is 1. The van der Waals surface area contributed by atoms with E-state index in [-0.39, 0.29) is 50.2 Å². The molecule has 0 spiro atoms. The molecule has 376 valence electrons. The van der Waals surface area contributed by atoms with Crippen LogP contribution in [0.4, 0.5) is 0 Å². The maximum atomic E-state index is 14.6. The van der Waals surface area contributed by atoms with E-state index in [0.29, 0.717) is 24.8 Å². The molecule has 1 fully saturated rings. The molecule has 2 unspecified atom stereocenters. The van der Waals surface area contributed by atoms with Crippen molar-refractivity contribution in [2.24, 2.45) is 29.4 Å². The Morgan fingerprint density at radius 2 is 1.39 bits per heavy atom. The summed E-state index contributed by atoms with van der Waals surface area (Å²) >= 11 is 0. The molecule has 0 saturated carbocycles. The zero-order valence-electron chi connectivity index (χ0n) is 41.1. The lowest BCUT2D eigenvalue weighted by Gasteiger charge is -2.42. The highest BCUT2D eigenvalue weighted by atomic mass is 16.5. The number of aliphatic hydroxyl groups is 1. The minimum absolute atomic E-state index is 0.0361. The number of hydrogen-bond donors (Lipinski definition) is 8. The van der Waals surface area contributed by atoms with Crippen LogP contribution in [0.15, 0.2) is 24.3 Å². The summed E-state index contributed by atoms with van der Waals surface area (Å²) < 4.78 is 5.90. The van der Waals surface area contributed by atoms with Crippen LogP contribution >= 0.6 is 0 Å². The number of carbonyl (C=O) groups is 9. The molecular formula is C47H76N8O12. The van der Waals surface area contributed by atoms with E-state index in [0.717, 1.165) is 0 Å². The molecule has 1 aliphatic rings. The van der Waals surface area contributed by atoms with Gasteiger partial charge < -0.3 is 57.1 Å². The molecule has 20 nitrogen and oxygen atoms in total. The van der Waals surface area contributed by atoms with Gasteiger partial charge in [0.15, 0.2) is 0 Å². The number of phenolic OH excluding ortho intramolecular Hbond substituents is 1. The number of nitrogens with zero attached hydrogens (tertiary/aromatic N) is 2. The quantitative estimate of drug-likeness (QED) is 0.0607. The molecule has 1 aromatic carbocycles. The standard InChI is InChI=1S/C47H76N8O12/c1-12-27(7)38(52-44(63)34(24-30-17-19-31(56)20-18-30)54(11)46(65)40(28(8)13-2)55-36(58)15-14-16-37(55)59)47(66)67-29(9)39(45(64)51-33(23-25(3)4)42(61)49-10)53-43(62)32(21-22-35(48)57)50-41(60)26(5)6/h17-20,25-29,32-34,36,38-40,56,58H,12-16,21-24H2,1-11H3,(H2,48,57)(H,49,61)(H,50,60)(H,51,64)(H,52,63)(H,53,62)/t27?,28?,29-,32+,33+,34+,36+,38+,39-,40+/m1/s1. The minimum atomic E-state index is -1.69. The molecule has 0 bridgehead atoms. The van der Waals surface area contributed by atoms with Crippen molar-refractivity contribution in [3.63, 3.8) is 0 Å². The lowest BCUT2D eigenvalue weighted by molar-refractivity contribution is -0.165. The van der Waals surface area contributed by atoms with Crippen molar-refractivity contribution in [3.8, 4) is 5.75 Å². The summed E-state index contributed by atoms with van der Waals surface area (Å²) in [5.74, 6) is -8.15. The number of hydrogen-bond acceptors (Lipinski definition) is 12. The number of ether oxygens (including phenoxy) is 1. The molecule has 9 N–H and O–H groups in total. The van der Waals surface area contributed by atoms with Gasteiger partial charge in [-0.3, -0.25) is 38.4 Å². The van der Waals surface area contributed by atoms with Crippen molar-refractivity contribution in [2.45, 2.75) is 169 Å². The molecule has 1 saturated heterocycles. The van der Waals surface area contributed by atoms with Crippen molar-refractivity contribution >= 4 is 53.2 Å². The molecular weight excluding hydrogens is 869 g/mol. The Kier molecular flexibility index (Phi) is 23.2. The van der Waals surface area contributed by atoms with Gasteiger partial charge in [0.25, 0.3) is 0 Å². The average molecular weight is 945 g/mol. The highest BCUT2D eigenvalue weighted by Gasteiger charge is 2.44. The SMILES string of the molecule is CCC(C)[C@H](NC(=O)[C@H](Cc1ccc(O)cc1)N(C)C(=O)[C@H](C(C)CC)N1C(=O)CCC[C@@H]1O)C(=O)O[C@H](C)[C@@H](NC(=O)[C@H](CCC(N)=O)NC(=O)C(C)C)C(=O)N[C@@H](CC(C)C)C(=O)NC. The second-order valence-corrected chi connectivity index (χ2v) is 18.4. The summed E-state index contributed by atoms with van der Waals surface area (Å²) in [6.45, 7) is 15.2. The number of amides is 8. The van der Waals surface area contributed by atoms with Crippen LogP contribution in [0.1, 0.15) is 119 Å². The van der Waals surface area contributed by atoms with Crippen LogP contribution in [0.25, 0.3) is 0 Å². The topological polar surface area (TPSA) is 296 Å². The highest BCUT2D eigenvalue weighted by Crippen LogP contribution is 2.27. The Balaban J connectivity index is 2.62. The van der Waals surface area contributed by atoms with Crippen molar-refractivity contribution in [1.82, 2.24) is 36.4 Å².